The molecule has 5 heteroatoms. The number of nitrogens with zero attached hydrogens (tertiary/aromatic N) is 3. The third-order valence-corrected chi connectivity index (χ3v) is 4.07. The van der Waals surface area contributed by atoms with Crippen LogP contribution in [0.5, 0.6) is 5.75 Å². The van der Waals surface area contributed by atoms with Crippen LogP contribution >= 0.6 is 11.8 Å². The number of fused-ring (bicyclic) bond motifs is 1. The Labute approximate surface area is 97.7 Å². The van der Waals surface area contributed by atoms with E-state index < -0.39 is 0 Å². The second kappa shape index (κ2) is 3.97. The lowest BCUT2D eigenvalue weighted by atomic mass is 10.1. The standard InChI is InChI=1S/C11H13N3OS/c15-9-3-4-10-12-11(13-14(10)6-9)8-2-1-5-16-7-8/h3-4,6,8,15H,1-2,5,7H2. The number of rotatable bonds is 1. The maximum atomic E-state index is 9.36. The normalized spacial score (nSPS) is 21.4. The van der Waals surface area contributed by atoms with E-state index in [1.165, 1.54) is 18.6 Å². The Morgan fingerprint density at radius 1 is 1.44 bits per heavy atom. The van der Waals surface area contributed by atoms with Crippen molar-refractivity contribution in [3.8, 4) is 5.75 Å². The van der Waals surface area contributed by atoms with Crippen LogP contribution in [-0.4, -0.2) is 31.2 Å². The number of aromatic hydroxyl groups is 1. The molecule has 16 heavy (non-hydrogen) atoms. The molecule has 1 atom stereocenters. The van der Waals surface area contributed by atoms with Crippen molar-refractivity contribution in [1.82, 2.24) is 14.6 Å². The number of hydrogen-bond donors (Lipinski definition) is 1. The molecule has 1 aliphatic heterocycles. The Kier molecular flexibility index (Phi) is 2.47. The number of pyridine rings is 1. The van der Waals surface area contributed by atoms with Crippen molar-refractivity contribution < 1.29 is 5.11 Å². The van der Waals surface area contributed by atoms with Crippen LogP contribution in [0.1, 0.15) is 24.6 Å². The molecule has 2 aromatic heterocycles. The molecule has 0 spiro atoms. The van der Waals surface area contributed by atoms with E-state index in [-0.39, 0.29) is 5.75 Å². The van der Waals surface area contributed by atoms with Crippen molar-refractivity contribution >= 4 is 17.4 Å². The predicted molar refractivity (Wildman–Crippen MR) is 64.0 cm³/mol. The maximum absolute atomic E-state index is 9.36. The minimum Gasteiger partial charge on any atom is -0.506 e. The Balaban J connectivity index is 1.97. The summed E-state index contributed by atoms with van der Waals surface area (Å²) < 4.78 is 1.66. The fraction of sp³-hybridized carbons (Fsp3) is 0.455. The summed E-state index contributed by atoms with van der Waals surface area (Å²) in [5.41, 5.74) is 0.809. The molecule has 3 heterocycles. The molecule has 0 saturated carbocycles. The monoisotopic (exact) mass is 235 g/mol. The molecule has 1 saturated heterocycles. The Bertz CT molecular complexity index is 505. The van der Waals surface area contributed by atoms with Crippen molar-refractivity contribution in [2.45, 2.75) is 18.8 Å². The van der Waals surface area contributed by atoms with Crippen LogP contribution in [0.25, 0.3) is 5.65 Å². The largest absolute Gasteiger partial charge is 0.506 e. The highest BCUT2D eigenvalue weighted by atomic mass is 32.2. The summed E-state index contributed by atoms with van der Waals surface area (Å²) in [6, 6.07) is 3.44. The number of aromatic nitrogens is 3. The molecule has 0 aliphatic carbocycles. The van der Waals surface area contributed by atoms with E-state index in [1.54, 1.807) is 22.8 Å². The van der Waals surface area contributed by atoms with Crippen LogP contribution in [0.4, 0.5) is 0 Å². The molecule has 4 nitrogen and oxygen atoms in total. The molecule has 84 valence electrons. The van der Waals surface area contributed by atoms with Crippen molar-refractivity contribution in [3.63, 3.8) is 0 Å². The summed E-state index contributed by atoms with van der Waals surface area (Å²) in [5, 5.41) is 13.8. The highest BCUT2D eigenvalue weighted by Gasteiger charge is 2.20. The van der Waals surface area contributed by atoms with Gasteiger partial charge in [-0.15, -0.1) is 0 Å². The zero-order valence-corrected chi connectivity index (χ0v) is 9.65. The first-order valence-electron chi connectivity index (χ1n) is 5.46. The first kappa shape index (κ1) is 9.96. The van der Waals surface area contributed by atoms with Crippen LogP contribution in [0, 0.1) is 0 Å². The van der Waals surface area contributed by atoms with Gasteiger partial charge in [-0.1, -0.05) is 0 Å². The van der Waals surface area contributed by atoms with Gasteiger partial charge in [-0.2, -0.15) is 16.9 Å². The van der Waals surface area contributed by atoms with Gasteiger partial charge in [0.2, 0.25) is 0 Å². The minimum atomic E-state index is 0.224. The van der Waals surface area contributed by atoms with E-state index in [9.17, 15) is 5.11 Å². The minimum absolute atomic E-state index is 0.224. The lowest BCUT2D eigenvalue weighted by molar-refractivity contribution is 0.470. The van der Waals surface area contributed by atoms with E-state index >= 15 is 0 Å². The third-order valence-electron chi connectivity index (χ3n) is 2.86. The molecule has 0 radical (unpaired) electrons. The molecule has 1 aliphatic rings. The van der Waals surface area contributed by atoms with Gasteiger partial charge < -0.3 is 5.11 Å². The summed E-state index contributed by atoms with van der Waals surface area (Å²) in [6.07, 6.45) is 4.02. The molecule has 1 N–H and O–H groups in total. The van der Waals surface area contributed by atoms with Crippen molar-refractivity contribution in [2.24, 2.45) is 0 Å². The molecular formula is C11H13N3OS. The lowest BCUT2D eigenvalue weighted by Gasteiger charge is -2.17. The SMILES string of the molecule is Oc1ccc2nc(C3CCCSC3)nn2c1. The van der Waals surface area contributed by atoms with Crippen LogP contribution in [0.15, 0.2) is 18.3 Å². The van der Waals surface area contributed by atoms with Gasteiger partial charge in [0.15, 0.2) is 11.5 Å². The van der Waals surface area contributed by atoms with Gasteiger partial charge in [0.25, 0.3) is 0 Å². The van der Waals surface area contributed by atoms with Crippen molar-refractivity contribution in [1.29, 1.82) is 0 Å². The zero-order valence-electron chi connectivity index (χ0n) is 8.83. The highest BCUT2D eigenvalue weighted by Crippen LogP contribution is 2.29. The van der Waals surface area contributed by atoms with Gasteiger partial charge in [-0.25, -0.2) is 9.50 Å². The molecule has 2 aromatic rings. The molecule has 0 aromatic carbocycles. The van der Waals surface area contributed by atoms with Gasteiger partial charge in [0, 0.05) is 11.7 Å². The van der Waals surface area contributed by atoms with Crippen LogP contribution < -0.4 is 0 Å². The van der Waals surface area contributed by atoms with Gasteiger partial charge in [-0.3, -0.25) is 0 Å². The third kappa shape index (κ3) is 1.75. The van der Waals surface area contributed by atoms with Crippen molar-refractivity contribution in [2.75, 3.05) is 11.5 Å². The zero-order chi connectivity index (χ0) is 11.0. The summed E-state index contributed by atoms with van der Waals surface area (Å²) in [5.74, 6) is 3.98. The smallest absolute Gasteiger partial charge is 0.155 e. The first-order chi connectivity index (χ1) is 7.83. The Morgan fingerprint density at radius 2 is 2.38 bits per heavy atom. The number of hydrogen-bond acceptors (Lipinski definition) is 4. The van der Waals surface area contributed by atoms with Crippen molar-refractivity contribution in [3.05, 3.63) is 24.2 Å². The summed E-state index contributed by atoms with van der Waals surface area (Å²) >= 11 is 1.97. The van der Waals surface area contributed by atoms with E-state index in [2.05, 4.69) is 10.1 Å². The average Bonchev–Trinajstić information content (AvgIpc) is 2.73. The van der Waals surface area contributed by atoms with Gasteiger partial charge in [0.05, 0.1) is 6.20 Å². The molecule has 1 unspecified atom stereocenters. The first-order valence-corrected chi connectivity index (χ1v) is 6.61. The Hall–Kier alpha value is -1.23. The van der Waals surface area contributed by atoms with E-state index in [1.807, 2.05) is 11.8 Å². The predicted octanol–water partition coefficient (Wildman–Crippen LogP) is 2.05. The summed E-state index contributed by atoms with van der Waals surface area (Å²) in [6.45, 7) is 0. The maximum Gasteiger partial charge on any atom is 0.155 e. The van der Waals surface area contributed by atoms with Gasteiger partial charge >= 0.3 is 0 Å². The molecule has 0 amide bonds. The average molecular weight is 235 g/mol. The Morgan fingerprint density at radius 3 is 3.19 bits per heavy atom. The molecule has 0 bridgehead atoms. The highest BCUT2D eigenvalue weighted by molar-refractivity contribution is 7.99. The fourth-order valence-corrected chi connectivity index (χ4v) is 3.14. The molecule has 3 rings (SSSR count). The summed E-state index contributed by atoms with van der Waals surface area (Å²) in [7, 11) is 0. The van der Waals surface area contributed by atoms with E-state index in [0.717, 1.165) is 17.2 Å². The molecular weight excluding hydrogens is 222 g/mol. The summed E-state index contributed by atoms with van der Waals surface area (Å²) in [4.78, 5) is 4.50. The van der Waals surface area contributed by atoms with E-state index in [4.69, 9.17) is 0 Å². The van der Waals surface area contributed by atoms with Gasteiger partial charge in [-0.05, 0) is 30.7 Å². The quantitative estimate of drug-likeness (QED) is 0.822. The van der Waals surface area contributed by atoms with Crippen LogP contribution in [0.3, 0.4) is 0 Å². The van der Waals surface area contributed by atoms with Gasteiger partial charge in [0.1, 0.15) is 5.75 Å². The van der Waals surface area contributed by atoms with Crippen LogP contribution in [0.2, 0.25) is 0 Å². The van der Waals surface area contributed by atoms with Crippen LogP contribution in [-0.2, 0) is 0 Å². The second-order valence-electron chi connectivity index (χ2n) is 4.07. The second-order valence-corrected chi connectivity index (χ2v) is 5.22. The topological polar surface area (TPSA) is 50.4 Å². The number of thioether (sulfide) groups is 1. The fourth-order valence-electron chi connectivity index (χ4n) is 2.01. The van der Waals surface area contributed by atoms with E-state index in [0.29, 0.717) is 5.92 Å². The molecule has 1 fully saturated rings. The lowest BCUT2D eigenvalue weighted by Crippen LogP contribution is -2.10.